The molecule has 0 bridgehead atoms. The molecule has 1 saturated heterocycles. The van der Waals surface area contributed by atoms with Crippen molar-refractivity contribution >= 4 is 28.3 Å². The van der Waals surface area contributed by atoms with Crippen molar-refractivity contribution in [3.8, 4) is 5.69 Å². The molecule has 1 aliphatic heterocycles. The minimum atomic E-state index is -0.299. The highest BCUT2D eigenvalue weighted by Gasteiger charge is 2.22. The quantitative estimate of drug-likeness (QED) is 0.267. The van der Waals surface area contributed by atoms with E-state index in [2.05, 4.69) is 74.4 Å². The first-order valence-corrected chi connectivity index (χ1v) is 14.3. The van der Waals surface area contributed by atoms with E-state index in [0.29, 0.717) is 11.9 Å². The number of nitrogens with one attached hydrogen (secondary N) is 2. The molecule has 7 heteroatoms. The molecule has 5 rings (SSSR count). The minimum absolute atomic E-state index is 0.159. The molecule has 1 fully saturated rings. The van der Waals surface area contributed by atoms with Gasteiger partial charge in [-0.2, -0.15) is 5.10 Å². The molecule has 40 heavy (non-hydrogen) atoms. The van der Waals surface area contributed by atoms with Gasteiger partial charge in [-0.05, 0) is 55.8 Å². The van der Waals surface area contributed by atoms with Crippen molar-refractivity contribution in [3.05, 3.63) is 83.6 Å². The van der Waals surface area contributed by atoms with Gasteiger partial charge in [-0.3, -0.25) is 10.2 Å². The highest BCUT2D eigenvalue weighted by Crippen LogP contribution is 2.30. The summed E-state index contributed by atoms with van der Waals surface area (Å²) < 4.78 is 7.32. The second kappa shape index (κ2) is 11.8. The van der Waals surface area contributed by atoms with Crippen molar-refractivity contribution in [2.24, 2.45) is 0 Å². The van der Waals surface area contributed by atoms with E-state index in [-0.39, 0.29) is 11.4 Å². The Morgan fingerprint density at radius 3 is 2.38 bits per heavy atom. The number of anilines is 2. The number of hydrogen-bond acceptors (Lipinski definition) is 4. The highest BCUT2D eigenvalue weighted by molar-refractivity contribution is 6.06. The Morgan fingerprint density at radius 1 is 0.975 bits per heavy atom. The van der Waals surface area contributed by atoms with Gasteiger partial charge in [0.25, 0.3) is 0 Å². The molecule has 0 saturated carbocycles. The fourth-order valence-electron chi connectivity index (χ4n) is 5.24. The van der Waals surface area contributed by atoms with E-state index < -0.39 is 0 Å². The number of hydrogen-bond donors (Lipinski definition) is 2. The Balaban J connectivity index is 1.34. The average molecular weight is 540 g/mol. The SMILES string of the molecule is Cc1ccc(-n2nc(C(C)(C)C)cc2NC(=O)Nc2ccc(CCC(C)N3CCOCC3)c3ccccc23)cc1. The first kappa shape index (κ1) is 27.9. The second-order valence-corrected chi connectivity index (χ2v) is 11.8. The largest absolute Gasteiger partial charge is 0.379 e. The second-order valence-electron chi connectivity index (χ2n) is 11.8. The van der Waals surface area contributed by atoms with Crippen LogP contribution in [0.4, 0.5) is 16.3 Å². The topological polar surface area (TPSA) is 71.4 Å². The molecule has 4 aromatic rings. The Kier molecular flexibility index (Phi) is 8.24. The van der Waals surface area contributed by atoms with E-state index in [1.165, 1.54) is 16.5 Å². The van der Waals surface area contributed by atoms with Gasteiger partial charge in [0.05, 0.1) is 30.3 Å². The van der Waals surface area contributed by atoms with Crippen LogP contribution in [0.5, 0.6) is 0 Å². The number of morpholine rings is 1. The zero-order valence-corrected chi connectivity index (χ0v) is 24.3. The summed E-state index contributed by atoms with van der Waals surface area (Å²) in [5.74, 6) is 0.629. The fraction of sp³-hybridized carbons (Fsp3) is 0.394. The van der Waals surface area contributed by atoms with Gasteiger partial charge in [-0.1, -0.05) is 68.8 Å². The van der Waals surface area contributed by atoms with Crippen molar-refractivity contribution in [1.82, 2.24) is 14.7 Å². The van der Waals surface area contributed by atoms with E-state index in [1.54, 1.807) is 4.68 Å². The predicted molar refractivity (Wildman–Crippen MR) is 164 cm³/mol. The van der Waals surface area contributed by atoms with Crippen LogP contribution in [0.25, 0.3) is 16.5 Å². The molecule has 2 N–H and O–H groups in total. The molecule has 210 valence electrons. The van der Waals surface area contributed by atoms with Gasteiger partial charge in [-0.15, -0.1) is 0 Å². The molecule has 0 radical (unpaired) electrons. The molecule has 1 aromatic heterocycles. The van der Waals surface area contributed by atoms with Gasteiger partial charge in [0.1, 0.15) is 5.82 Å². The molecule has 0 spiro atoms. The number of ether oxygens (including phenoxy) is 1. The standard InChI is InChI=1S/C33H41N5O2/c1-23-10-15-26(16-11-23)38-31(22-30(36-38)33(3,4)5)35-32(39)34-29-17-14-25(27-8-6-7-9-28(27)29)13-12-24(2)37-18-20-40-21-19-37/h6-11,14-17,22,24H,12-13,18-21H2,1-5H3,(H2,34,35,39). The number of aromatic nitrogens is 2. The normalized spacial score (nSPS) is 15.2. The number of amides is 2. The molecule has 2 heterocycles. The van der Waals surface area contributed by atoms with Crippen LogP contribution in [-0.4, -0.2) is 53.1 Å². The number of aryl methyl sites for hydroxylation is 2. The lowest BCUT2D eigenvalue weighted by Gasteiger charge is -2.32. The number of benzene rings is 3. The third-order valence-electron chi connectivity index (χ3n) is 7.76. The summed E-state index contributed by atoms with van der Waals surface area (Å²) in [6.07, 6.45) is 2.06. The van der Waals surface area contributed by atoms with Crippen LogP contribution in [0, 0.1) is 6.92 Å². The third kappa shape index (κ3) is 6.37. The lowest BCUT2D eigenvalue weighted by molar-refractivity contribution is 0.0187. The summed E-state index contributed by atoms with van der Waals surface area (Å²) in [5, 5.41) is 13.2. The van der Waals surface area contributed by atoms with Crippen LogP contribution in [0.2, 0.25) is 0 Å². The number of carbonyl (C=O) groups is 1. The molecular formula is C33H41N5O2. The summed E-state index contributed by atoms with van der Waals surface area (Å²) in [6.45, 7) is 14.4. The van der Waals surface area contributed by atoms with Crippen LogP contribution in [0.1, 0.15) is 50.9 Å². The Morgan fingerprint density at radius 2 is 1.68 bits per heavy atom. The zero-order valence-electron chi connectivity index (χ0n) is 24.3. The van der Waals surface area contributed by atoms with Crippen molar-refractivity contribution in [1.29, 1.82) is 0 Å². The summed E-state index contributed by atoms with van der Waals surface area (Å²) in [6, 6.07) is 22.8. The Bertz CT molecular complexity index is 1460. The lowest BCUT2D eigenvalue weighted by Crippen LogP contribution is -2.42. The molecule has 0 aliphatic carbocycles. The van der Waals surface area contributed by atoms with E-state index in [4.69, 9.17) is 9.84 Å². The minimum Gasteiger partial charge on any atom is -0.379 e. The van der Waals surface area contributed by atoms with Crippen LogP contribution in [-0.2, 0) is 16.6 Å². The number of fused-ring (bicyclic) bond motifs is 1. The maximum Gasteiger partial charge on any atom is 0.324 e. The van der Waals surface area contributed by atoms with Crippen LogP contribution in [0.15, 0.2) is 66.7 Å². The maximum absolute atomic E-state index is 13.3. The fourth-order valence-corrected chi connectivity index (χ4v) is 5.24. The van der Waals surface area contributed by atoms with Gasteiger partial charge >= 0.3 is 6.03 Å². The van der Waals surface area contributed by atoms with Crippen LogP contribution >= 0.6 is 0 Å². The van der Waals surface area contributed by atoms with E-state index in [9.17, 15) is 4.79 Å². The molecule has 2 amide bonds. The van der Waals surface area contributed by atoms with Crippen LogP contribution in [0.3, 0.4) is 0 Å². The van der Waals surface area contributed by atoms with E-state index >= 15 is 0 Å². The van der Waals surface area contributed by atoms with E-state index in [1.807, 2.05) is 42.5 Å². The Labute approximate surface area is 237 Å². The molecular weight excluding hydrogens is 498 g/mol. The zero-order chi connectivity index (χ0) is 28.3. The maximum atomic E-state index is 13.3. The molecule has 1 aliphatic rings. The summed E-state index contributed by atoms with van der Waals surface area (Å²) in [7, 11) is 0. The first-order chi connectivity index (χ1) is 19.2. The number of carbonyl (C=O) groups excluding carboxylic acids is 1. The van der Waals surface area contributed by atoms with E-state index in [0.717, 1.165) is 61.6 Å². The van der Waals surface area contributed by atoms with Crippen LogP contribution < -0.4 is 10.6 Å². The number of urea groups is 1. The molecule has 3 aromatic carbocycles. The van der Waals surface area contributed by atoms with Crippen molar-refractivity contribution in [3.63, 3.8) is 0 Å². The monoisotopic (exact) mass is 539 g/mol. The Hall–Kier alpha value is -3.68. The number of nitrogens with zero attached hydrogens (tertiary/aromatic N) is 3. The van der Waals surface area contributed by atoms with Gasteiger partial charge in [0.2, 0.25) is 0 Å². The van der Waals surface area contributed by atoms with Gasteiger partial charge < -0.3 is 10.1 Å². The van der Waals surface area contributed by atoms with Gasteiger partial charge in [0, 0.05) is 36.0 Å². The summed E-state index contributed by atoms with van der Waals surface area (Å²) in [4.78, 5) is 15.8. The molecule has 1 atom stereocenters. The summed E-state index contributed by atoms with van der Waals surface area (Å²) in [5.41, 5.74) is 4.91. The number of rotatable bonds is 7. The van der Waals surface area contributed by atoms with Gasteiger partial charge in [0.15, 0.2) is 0 Å². The predicted octanol–water partition coefficient (Wildman–Crippen LogP) is 6.93. The third-order valence-corrected chi connectivity index (χ3v) is 7.76. The lowest BCUT2D eigenvalue weighted by atomic mass is 9.92. The van der Waals surface area contributed by atoms with Crippen molar-refractivity contribution in [2.75, 3.05) is 36.9 Å². The average Bonchev–Trinajstić information content (AvgIpc) is 3.37. The highest BCUT2D eigenvalue weighted by atomic mass is 16.5. The van der Waals surface area contributed by atoms with Crippen molar-refractivity contribution in [2.45, 2.75) is 58.9 Å². The smallest absolute Gasteiger partial charge is 0.324 e. The molecule has 1 unspecified atom stereocenters. The molecule has 7 nitrogen and oxygen atoms in total. The van der Waals surface area contributed by atoms with Crippen molar-refractivity contribution < 1.29 is 9.53 Å². The first-order valence-electron chi connectivity index (χ1n) is 14.3. The summed E-state index contributed by atoms with van der Waals surface area (Å²) >= 11 is 0. The van der Waals surface area contributed by atoms with Gasteiger partial charge in [-0.25, -0.2) is 9.48 Å².